The minimum absolute atomic E-state index is 0.395. The summed E-state index contributed by atoms with van der Waals surface area (Å²) in [5.41, 5.74) is 0. The van der Waals surface area contributed by atoms with E-state index in [2.05, 4.69) is 13.8 Å². The molecule has 1 unspecified atom stereocenters. The molecule has 0 radical (unpaired) electrons. The highest BCUT2D eigenvalue weighted by Gasteiger charge is 2.37. The Hall–Kier alpha value is -0.120. The lowest BCUT2D eigenvalue weighted by atomic mass is 9.83. The van der Waals surface area contributed by atoms with E-state index in [4.69, 9.17) is 14.2 Å². The summed E-state index contributed by atoms with van der Waals surface area (Å²) in [5.74, 6) is 0.864. The first kappa shape index (κ1) is 19.9. The molecule has 132 valence electrons. The van der Waals surface area contributed by atoms with Gasteiger partial charge >= 0.3 is 0 Å². The SMILES string of the molecule is CCCCCCCCC(CCC1COC1)C(CC)(OC)OC. The molecule has 1 aliphatic heterocycles. The van der Waals surface area contributed by atoms with Crippen molar-refractivity contribution in [2.45, 2.75) is 83.8 Å². The zero-order valence-corrected chi connectivity index (χ0v) is 15.4. The van der Waals surface area contributed by atoms with Crippen LogP contribution in [0, 0.1) is 11.8 Å². The van der Waals surface area contributed by atoms with E-state index in [1.165, 1.54) is 57.8 Å². The molecular weight excluding hydrogens is 276 g/mol. The largest absolute Gasteiger partial charge is 0.381 e. The number of unbranched alkanes of at least 4 members (excludes halogenated alkanes) is 5. The average Bonchev–Trinajstić information content (AvgIpc) is 2.50. The van der Waals surface area contributed by atoms with Crippen molar-refractivity contribution in [1.29, 1.82) is 0 Å². The normalized spacial score (nSPS) is 17.5. The van der Waals surface area contributed by atoms with Gasteiger partial charge < -0.3 is 14.2 Å². The molecule has 1 saturated heterocycles. The maximum absolute atomic E-state index is 5.82. The van der Waals surface area contributed by atoms with Crippen molar-refractivity contribution in [3.63, 3.8) is 0 Å². The lowest BCUT2D eigenvalue weighted by molar-refractivity contribution is -0.245. The van der Waals surface area contributed by atoms with Crippen LogP contribution < -0.4 is 0 Å². The van der Waals surface area contributed by atoms with Crippen molar-refractivity contribution in [3.8, 4) is 0 Å². The fourth-order valence-corrected chi connectivity index (χ4v) is 3.64. The van der Waals surface area contributed by atoms with Gasteiger partial charge in [0, 0.05) is 26.1 Å². The zero-order valence-electron chi connectivity index (χ0n) is 15.4. The number of ether oxygens (including phenoxy) is 3. The second-order valence-corrected chi connectivity index (χ2v) is 6.81. The fraction of sp³-hybridized carbons (Fsp3) is 1.00. The van der Waals surface area contributed by atoms with E-state index < -0.39 is 5.79 Å². The van der Waals surface area contributed by atoms with E-state index in [1.807, 2.05) is 0 Å². The van der Waals surface area contributed by atoms with E-state index in [9.17, 15) is 0 Å². The third-order valence-electron chi connectivity index (χ3n) is 5.34. The summed E-state index contributed by atoms with van der Waals surface area (Å²) >= 11 is 0. The van der Waals surface area contributed by atoms with Crippen LogP contribution in [0.25, 0.3) is 0 Å². The molecule has 1 atom stereocenters. The van der Waals surface area contributed by atoms with Crippen LogP contribution in [0.3, 0.4) is 0 Å². The molecule has 0 aromatic rings. The summed E-state index contributed by atoms with van der Waals surface area (Å²) in [6.07, 6.45) is 12.7. The maximum Gasteiger partial charge on any atom is 0.170 e. The van der Waals surface area contributed by atoms with Crippen molar-refractivity contribution < 1.29 is 14.2 Å². The predicted octanol–water partition coefficient (Wildman–Crippen LogP) is 5.18. The highest BCUT2D eigenvalue weighted by molar-refractivity contribution is 4.80. The molecular formula is C19H38O3. The van der Waals surface area contributed by atoms with Gasteiger partial charge in [-0.3, -0.25) is 0 Å². The molecule has 0 amide bonds. The van der Waals surface area contributed by atoms with Gasteiger partial charge in [-0.2, -0.15) is 0 Å². The molecule has 1 rings (SSSR count). The minimum atomic E-state index is -0.395. The third kappa shape index (κ3) is 6.17. The monoisotopic (exact) mass is 314 g/mol. The van der Waals surface area contributed by atoms with E-state index in [0.717, 1.165) is 25.6 Å². The van der Waals surface area contributed by atoms with Gasteiger partial charge in [0.05, 0.1) is 13.2 Å². The summed E-state index contributed by atoms with van der Waals surface area (Å²) in [6, 6.07) is 0. The Balaban J connectivity index is 2.41. The van der Waals surface area contributed by atoms with Gasteiger partial charge in [-0.25, -0.2) is 0 Å². The molecule has 0 saturated carbocycles. The fourth-order valence-electron chi connectivity index (χ4n) is 3.64. The highest BCUT2D eigenvalue weighted by Crippen LogP contribution is 2.35. The first-order valence-corrected chi connectivity index (χ1v) is 9.40. The molecule has 1 fully saturated rings. The summed E-state index contributed by atoms with van der Waals surface area (Å²) in [7, 11) is 3.60. The molecule has 1 aliphatic rings. The van der Waals surface area contributed by atoms with Gasteiger partial charge in [0.15, 0.2) is 5.79 Å². The van der Waals surface area contributed by atoms with E-state index in [-0.39, 0.29) is 0 Å². The maximum atomic E-state index is 5.82. The van der Waals surface area contributed by atoms with E-state index >= 15 is 0 Å². The minimum Gasteiger partial charge on any atom is -0.381 e. The van der Waals surface area contributed by atoms with Crippen molar-refractivity contribution in [2.24, 2.45) is 11.8 Å². The lowest BCUT2D eigenvalue weighted by Crippen LogP contribution is -2.42. The van der Waals surface area contributed by atoms with Crippen molar-refractivity contribution >= 4 is 0 Å². The first-order valence-electron chi connectivity index (χ1n) is 9.40. The number of hydrogen-bond acceptors (Lipinski definition) is 3. The molecule has 0 N–H and O–H groups in total. The molecule has 0 aromatic heterocycles. The molecule has 22 heavy (non-hydrogen) atoms. The van der Waals surface area contributed by atoms with E-state index in [1.54, 1.807) is 14.2 Å². The topological polar surface area (TPSA) is 27.7 Å². The summed E-state index contributed by atoms with van der Waals surface area (Å²) < 4.78 is 17.0. The molecule has 0 aliphatic carbocycles. The Morgan fingerprint density at radius 3 is 2.09 bits per heavy atom. The predicted molar refractivity (Wildman–Crippen MR) is 92.1 cm³/mol. The highest BCUT2D eigenvalue weighted by atomic mass is 16.7. The lowest BCUT2D eigenvalue weighted by Gasteiger charge is -2.39. The second kappa shape index (κ2) is 11.4. The van der Waals surface area contributed by atoms with Gasteiger partial charge in [0.2, 0.25) is 0 Å². The van der Waals surface area contributed by atoms with E-state index in [0.29, 0.717) is 5.92 Å². The Morgan fingerprint density at radius 2 is 1.59 bits per heavy atom. The summed E-state index contributed by atoms with van der Waals surface area (Å²) in [6.45, 7) is 6.34. The molecule has 3 heteroatoms. The Kier molecular flexibility index (Phi) is 10.3. The third-order valence-corrected chi connectivity index (χ3v) is 5.34. The van der Waals surface area contributed by atoms with Crippen LogP contribution in [0.15, 0.2) is 0 Å². The first-order chi connectivity index (χ1) is 10.7. The van der Waals surface area contributed by atoms with Crippen LogP contribution in [-0.2, 0) is 14.2 Å². The van der Waals surface area contributed by atoms with Crippen LogP contribution in [0.1, 0.15) is 78.1 Å². The van der Waals surface area contributed by atoms with Crippen molar-refractivity contribution in [3.05, 3.63) is 0 Å². The molecule has 1 heterocycles. The molecule has 0 bridgehead atoms. The second-order valence-electron chi connectivity index (χ2n) is 6.81. The Labute approximate surface area is 138 Å². The van der Waals surface area contributed by atoms with Gasteiger partial charge in [0.1, 0.15) is 0 Å². The summed E-state index contributed by atoms with van der Waals surface area (Å²) in [4.78, 5) is 0. The van der Waals surface area contributed by atoms with Gasteiger partial charge in [-0.05, 0) is 25.7 Å². The quantitative estimate of drug-likeness (QED) is 0.327. The standard InChI is InChI=1S/C19H38O3/c1-5-7-8-9-10-11-12-18(14-13-17-15-22-16-17)19(6-2,20-3)21-4/h17-18H,5-16H2,1-4H3. The number of rotatable bonds is 14. The van der Waals surface area contributed by atoms with Crippen LogP contribution in [-0.4, -0.2) is 33.2 Å². The molecule has 3 nitrogen and oxygen atoms in total. The van der Waals surface area contributed by atoms with Crippen molar-refractivity contribution in [2.75, 3.05) is 27.4 Å². The zero-order chi connectivity index (χ0) is 16.3. The summed E-state index contributed by atoms with van der Waals surface area (Å²) in [5, 5.41) is 0. The van der Waals surface area contributed by atoms with Crippen LogP contribution in [0.5, 0.6) is 0 Å². The Morgan fingerprint density at radius 1 is 0.955 bits per heavy atom. The van der Waals surface area contributed by atoms with Crippen molar-refractivity contribution in [1.82, 2.24) is 0 Å². The van der Waals surface area contributed by atoms with Gasteiger partial charge in [-0.15, -0.1) is 0 Å². The number of hydrogen-bond donors (Lipinski definition) is 0. The average molecular weight is 315 g/mol. The Bertz CT molecular complexity index is 251. The number of methoxy groups -OCH3 is 2. The van der Waals surface area contributed by atoms with Crippen LogP contribution in [0.2, 0.25) is 0 Å². The van der Waals surface area contributed by atoms with Crippen LogP contribution in [0.4, 0.5) is 0 Å². The smallest absolute Gasteiger partial charge is 0.170 e. The van der Waals surface area contributed by atoms with Crippen LogP contribution >= 0.6 is 0 Å². The van der Waals surface area contributed by atoms with Gasteiger partial charge in [0.25, 0.3) is 0 Å². The molecule has 0 spiro atoms. The molecule has 0 aromatic carbocycles. The van der Waals surface area contributed by atoms with Gasteiger partial charge in [-0.1, -0.05) is 52.4 Å².